The number of alkyl halides is 3. The van der Waals surface area contributed by atoms with E-state index in [9.17, 15) is 13.2 Å². The summed E-state index contributed by atoms with van der Waals surface area (Å²) < 4.78 is 45.3. The number of aromatic nitrogens is 2. The van der Waals surface area contributed by atoms with Crippen LogP contribution in [0.2, 0.25) is 0 Å². The second kappa shape index (κ2) is 7.92. The normalized spacial score (nSPS) is 19.8. The van der Waals surface area contributed by atoms with Gasteiger partial charge >= 0.3 is 6.18 Å². The van der Waals surface area contributed by atoms with E-state index in [0.717, 1.165) is 18.2 Å². The maximum atomic E-state index is 13.3. The first-order chi connectivity index (χ1) is 13.9. The largest absolute Gasteiger partial charge is 0.443 e. The SMILES string of the molecule is COCCC1CN(C2=c3ncccc3=CNc3sc(C(F)(F)F)nc32)CCN1C. The van der Waals surface area contributed by atoms with E-state index in [4.69, 9.17) is 4.74 Å². The summed E-state index contributed by atoms with van der Waals surface area (Å²) in [6, 6.07) is 3.94. The van der Waals surface area contributed by atoms with E-state index < -0.39 is 11.2 Å². The van der Waals surface area contributed by atoms with E-state index >= 15 is 0 Å². The lowest BCUT2D eigenvalue weighted by molar-refractivity contribution is -0.137. The van der Waals surface area contributed by atoms with Crippen molar-refractivity contribution in [3.8, 4) is 0 Å². The molecule has 1 unspecified atom stereocenters. The Morgan fingerprint density at radius 2 is 2.17 bits per heavy atom. The second-order valence-corrected chi connectivity index (χ2v) is 8.13. The van der Waals surface area contributed by atoms with Crippen molar-refractivity contribution in [3.05, 3.63) is 39.6 Å². The number of thiazole rings is 1. The molecular formula is C19H22F3N5OS. The van der Waals surface area contributed by atoms with E-state index in [0.29, 0.717) is 52.8 Å². The first kappa shape index (κ1) is 20.1. The molecule has 2 aromatic heterocycles. The number of fused-ring (bicyclic) bond motifs is 2. The Labute approximate surface area is 170 Å². The average Bonchev–Trinajstić information content (AvgIpc) is 3.05. The molecular weight excluding hydrogens is 403 g/mol. The lowest BCUT2D eigenvalue weighted by atomic mass is 10.1. The molecule has 1 saturated heterocycles. The van der Waals surface area contributed by atoms with Crippen LogP contribution in [0.25, 0.3) is 11.9 Å². The van der Waals surface area contributed by atoms with Gasteiger partial charge in [-0.2, -0.15) is 13.2 Å². The summed E-state index contributed by atoms with van der Waals surface area (Å²) in [5, 5.41) is 4.01. The van der Waals surface area contributed by atoms with Crippen LogP contribution in [0.3, 0.4) is 0 Å². The summed E-state index contributed by atoms with van der Waals surface area (Å²) in [4.78, 5) is 12.9. The summed E-state index contributed by atoms with van der Waals surface area (Å²) in [5.74, 6) is 0. The number of piperazine rings is 1. The second-order valence-electron chi connectivity index (χ2n) is 7.13. The Bertz CT molecular complexity index is 1010. The molecule has 1 N–H and O–H groups in total. The molecule has 156 valence electrons. The van der Waals surface area contributed by atoms with Gasteiger partial charge in [-0.15, -0.1) is 0 Å². The standard InChI is InChI=1S/C19H22F3N5OS/c1-26-7-8-27(11-13(26)5-9-28-2)16-14-12(4-3-6-23-14)10-24-17-15(16)25-18(29-17)19(20,21)22/h3-4,6,10,13,24H,5,7-9,11H2,1-2H3. The van der Waals surface area contributed by atoms with Gasteiger partial charge in [0.1, 0.15) is 10.7 Å². The highest BCUT2D eigenvalue weighted by molar-refractivity contribution is 7.16. The maximum absolute atomic E-state index is 13.3. The van der Waals surface area contributed by atoms with Gasteiger partial charge in [0.2, 0.25) is 5.01 Å². The van der Waals surface area contributed by atoms with Gasteiger partial charge < -0.3 is 15.0 Å². The Kier molecular flexibility index (Phi) is 5.50. The van der Waals surface area contributed by atoms with Crippen LogP contribution in [0.4, 0.5) is 18.2 Å². The van der Waals surface area contributed by atoms with Gasteiger partial charge in [-0.25, -0.2) is 4.98 Å². The zero-order valence-electron chi connectivity index (χ0n) is 16.2. The summed E-state index contributed by atoms with van der Waals surface area (Å²) in [5.41, 5.74) is 0.963. The van der Waals surface area contributed by atoms with Gasteiger partial charge in [-0.05, 0) is 25.6 Å². The first-order valence-electron chi connectivity index (χ1n) is 9.33. The molecule has 0 amide bonds. The average molecular weight is 425 g/mol. The van der Waals surface area contributed by atoms with Crippen molar-refractivity contribution in [1.82, 2.24) is 19.8 Å². The lowest BCUT2D eigenvalue weighted by Gasteiger charge is -2.41. The van der Waals surface area contributed by atoms with E-state index in [1.807, 2.05) is 12.1 Å². The van der Waals surface area contributed by atoms with E-state index in [-0.39, 0.29) is 6.04 Å². The number of rotatable bonds is 4. The summed E-state index contributed by atoms with van der Waals surface area (Å²) >= 11 is 0.625. The van der Waals surface area contributed by atoms with Crippen molar-refractivity contribution in [1.29, 1.82) is 0 Å². The third kappa shape index (κ3) is 3.96. The maximum Gasteiger partial charge on any atom is 0.443 e. The van der Waals surface area contributed by atoms with Gasteiger partial charge in [-0.1, -0.05) is 11.3 Å². The summed E-state index contributed by atoms with van der Waals surface area (Å²) in [7, 11) is 3.73. The molecule has 0 spiro atoms. The fourth-order valence-corrected chi connectivity index (χ4v) is 4.50. The van der Waals surface area contributed by atoms with E-state index in [2.05, 4.69) is 32.1 Å². The van der Waals surface area contributed by atoms with Crippen molar-refractivity contribution < 1.29 is 17.9 Å². The Morgan fingerprint density at radius 3 is 2.93 bits per heavy atom. The predicted octanol–water partition coefficient (Wildman–Crippen LogP) is 1.53. The number of methoxy groups -OCH3 is 1. The Morgan fingerprint density at radius 1 is 1.34 bits per heavy atom. The van der Waals surface area contributed by atoms with Crippen LogP contribution >= 0.6 is 11.3 Å². The predicted molar refractivity (Wildman–Crippen MR) is 106 cm³/mol. The minimum atomic E-state index is -4.49. The van der Waals surface area contributed by atoms with E-state index in [1.165, 1.54) is 0 Å². The smallest absolute Gasteiger partial charge is 0.385 e. The van der Waals surface area contributed by atoms with Crippen LogP contribution in [-0.4, -0.2) is 66.2 Å². The molecule has 2 aliphatic heterocycles. The first-order valence-corrected chi connectivity index (χ1v) is 10.1. The third-order valence-corrected chi connectivity index (χ3v) is 6.30. The van der Waals surface area contributed by atoms with Crippen LogP contribution in [-0.2, 0) is 10.9 Å². The topological polar surface area (TPSA) is 53.5 Å². The molecule has 4 rings (SSSR count). The summed E-state index contributed by atoms with van der Waals surface area (Å²) in [6.07, 6.45) is -0.286. The number of hydrogen-bond donors (Lipinski definition) is 1. The van der Waals surface area contributed by atoms with Gasteiger partial charge in [0.25, 0.3) is 0 Å². The quantitative estimate of drug-likeness (QED) is 0.802. The zero-order chi connectivity index (χ0) is 20.6. The number of hydrogen-bond acceptors (Lipinski definition) is 7. The van der Waals surface area contributed by atoms with Crippen LogP contribution < -0.4 is 15.9 Å². The molecule has 0 bridgehead atoms. The monoisotopic (exact) mass is 425 g/mol. The number of halogens is 3. The van der Waals surface area contributed by atoms with Gasteiger partial charge in [-0.3, -0.25) is 9.88 Å². The van der Waals surface area contributed by atoms with Gasteiger partial charge in [0, 0.05) is 57.0 Å². The van der Waals surface area contributed by atoms with Crippen LogP contribution in [0, 0.1) is 0 Å². The lowest BCUT2D eigenvalue weighted by Crippen LogP contribution is -2.52. The Hall–Kier alpha value is -2.17. The minimum absolute atomic E-state index is 0.229. The van der Waals surface area contributed by atoms with Crippen LogP contribution in [0.15, 0.2) is 18.3 Å². The third-order valence-electron chi connectivity index (χ3n) is 5.26. The molecule has 2 aromatic rings. The number of likely N-dealkylation sites (N-methyl/N-ethyl adjacent to an activating group) is 1. The molecule has 29 heavy (non-hydrogen) atoms. The molecule has 2 aliphatic rings. The van der Waals surface area contributed by atoms with Gasteiger partial charge in [0.05, 0.1) is 11.0 Å². The van der Waals surface area contributed by atoms with Crippen molar-refractivity contribution >= 4 is 28.2 Å². The van der Waals surface area contributed by atoms with Crippen LogP contribution in [0.5, 0.6) is 0 Å². The van der Waals surface area contributed by atoms with Crippen molar-refractivity contribution in [2.24, 2.45) is 0 Å². The summed E-state index contributed by atoms with van der Waals surface area (Å²) in [6.45, 7) is 2.78. The highest BCUT2D eigenvalue weighted by Gasteiger charge is 2.38. The molecule has 0 aliphatic carbocycles. The molecule has 0 aromatic carbocycles. The highest BCUT2D eigenvalue weighted by atomic mass is 32.1. The number of anilines is 1. The number of nitrogens with one attached hydrogen (secondary N) is 1. The highest BCUT2D eigenvalue weighted by Crippen LogP contribution is 2.39. The number of nitrogens with zero attached hydrogens (tertiary/aromatic N) is 4. The molecule has 10 heteroatoms. The molecule has 1 atom stereocenters. The Balaban J connectivity index is 1.83. The molecule has 0 radical (unpaired) electrons. The number of pyridine rings is 1. The fraction of sp³-hybridized carbons (Fsp3) is 0.474. The van der Waals surface area contributed by atoms with Crippen molar-refractivity contribution in [3.63, 3.8) is 0 Å². The zero-order valence-corrected chi connectivity index (χ0v) is 17.0. The minimum Gasteiger partial charge on any atom is -0.385 e. The molecule has 1 fully saturated rings. The van der Waals surface area contributed by atoms with E-state index in [1.54, 1.807) is 19.5 Å². The van der Waals surface area contributed by atoms with Gasteiger partial charge in [0.15, 0.2) is 0 Å². The number of ether oxygens (including phenoxy) is 1. The fourth-order valence-electron chi connectivity index (χ4n) is 3.70. The molecule has 4 heterocycles. The molecule has 0 saturated carbocycles. The molecule has 6 nitrogen and oxygen atoms in total. The van der Waals surface area contributed by atoms with Crippen molar-refractivity contribution in [2.45, 2.75) is 18.6 Å². The van der Waals surface area contributed by atoms with Crippen molar-refractivity contribution in [2.75, 3.05) is 45.7 Å². The van der Waals surface area contributed by atoms with Crippen LogP contribution in [0.1, 0.15) is 17.1 Å².